The minimum absolute atomic E-state index is 0.175. The highest BCUT2D eigenvalue weighted by molar-refractivity contribution is 5.97. The molecule has 0 aliphatic carbocycles. The largest absolute Gasteiger partial charge is 0.493 e. The second-order valence-corrected chi connectivity index (χ2v) is 7.26. The number of nitrogens with zero attached hydrogens (tertiary/aromatic N) is 3. The highest BCUT2D eigenvalue weighted by Gasteiger charge is 2.36. The number of fused-ring (bicyclic) bond motifs is 1. The number of rotatable bonds is 7. The summed E-state index contributed by atoms with van der Waals surface area (Å²) in [6, 6.07) is 12.2. The molecular weight excluding hydrogens is 396 g/mol. The summed E-state index contributed by atoms with van der Waals surface area (Å²) in [7, 11) is 3.14. The van der Waals surface area contributed by atoms with E-state index in [0.29, 0.717) is 36.8 Å². The third kappa shape index (κ3) is 4.23. The van der Waals surface area contributed by atoms with Crippen molar-refractivity contribution in [1.29, 1.82) is 0 Å². The van der Waals surface area contributed by atoms with Crippen molar-refractivity contribution in [2.75, 3.05) is 14.2 Å². The van der Waals surface area contributed by atoms with Gasteiger partial charge in [-0.15, -0.1) is 0 Å². The summed E-state index contributed by atoms with van der Waals surface area (Å²) in [5, 5.41) is 2.96. The molecule has 1 aliphatic heterocycles. The molecule has 1 aromatic carbocycles. The molecule has 0 bridgehead atoms. The molecule has 3 heterocycles. The molecule has 2 aromatic heterocycles. The van der Waals surface area contributed by atoms with E-state index in [1.54, 1.807) is 43.6 Å². The second kappa shape index (κ2) is 8.91. The molecule has 8 heteroatoms. The first-order valence-corrected chi connectivity index (χ1v) is 9.94. The highest BCUT2D eigenvalue weighted by atomic mass is 16.5. The van der Waals surface area contributed by atoms with E-state index in [2.05, 4.69) is 10.3 Å². The fourth-order valence-corrected chi connectivity index (χ4v) is 3.73. The van der Waals surface area contributed by atoms with Crippen molar-refractivity contribution in [3.8, 4) is 11.5 Å². The fourth-order valence-electron chi connectivity index (χ4n) is 3.73. The van der Waals surface area contributed by atoms with Gasteiger partial charge in [0.2, 0.25) is 5.91 Å². The van der Waals surface area contributed by atoms with E-state index in [1.165, 1.54) is 0 Å². The maximum atomic E-state index is 13.1. The Morgan fingerprint density at radius 3 is 2.71 bits per heavy atom. The first-order chi connectivity index (χ1) is 15.1. The summed E-state index contributed by atoms with van der Waals surface area (Å²) in [5.74, 6) is 0.827. The Kier molecular flexibility index (Phi) is 5.88. The average Bonchev–Trinajstić information content (AvgIpc) is 3.28. The molecule has 2 amide bonds. The number of hydrogen-bond acceptors (Lipinski definition) is 5. The molecular formula is C23H24N4O4. The standard InChI is InChI=1S/C23H24N4O4/c1-30-20-8-7-16(11-21(20)31-2)13-25-22(28)19-15-26-10-4-6-18(26)23(29)27(19)14-17-5-3-9-24-12-17/h3-12,19H,13-15H2,1-2H3,(H,25,28). The Hall–Kier alpha value is -3.81. The zero-order valence-corrected chi connectivity index (χ0v) is 17.4. The molecule has 0 saturated carbocycles. The van der Waals surface area contributed by atoms with Gasteiger partial charge in [0.15, 0.2) is 11.5 Å². The van der Waals surface area contributed by atoms with E-state index in [1.807, 2.05) is 41.1 Å². The molecule has 1 aliphatic rings. The Morgan fingerprint density at radius 1 is 1.13 bits per heavy atom. The van der Waals surface area contributed by atoms with Crippen LogP contribution in [0.3, 0.4) is 0 Å². The van der Waals surface area contributed by atoms with Crippen molar-refractivity contribution < 1.29 is 19.1 Å². The van der Waals surface area contributed by atoms with Crippen LogP contribution in [-0.4, -0.2) is 46.5 Å². The lowest BCUT2D eigenvalue weighted by atomic mass is 10.1. The van der Waals surface area contributed by atoms with Crippen LogP contribution >= 0.6 is 0 Å². The van der Waals surface area contributed by atoms with Gasteiger partial charge in [0, 0.05) is 31.7 Å². The summed E-state index contributed by atoms with van der Waals surface area (Å²) in [6.07, 6.45) is 5.21. The Labute approximate surface area is 180 Å². The van der Waals surface area contributed by atoms with Crippen molar-refractivity contribution in [2.24, 2.45) is 0 Å². The quantitative estimate of drug-likeness (QED) is 0.634. The van der Waals surface area contributed by atoms with Gasteiger partial charge in [-0.3, -0.25) is 14.6 Å². The van der Waals surface area contributed by atoms with Crippen LogP contribution in [0.4, 0.5) is 0 Å². The number of hydrogen-bond donors (Lipinski definition) is 1. The van der Waals surface area contributed by atoms with E-state index in [9.17, 15) is 9.59 Å². The number of pyridine rings is 1. The Balaban J connectivity index is 1.52. The number of carbonyl (C=O) groups excluding carboxylic acids is 2. The van der Waals surface area contributed by atoms with Gasteiger partial charge in [0.25, 0.3) is 5.91 Å². The van der Waals surface area contributed by atoms with Crippen LogP contribution in [0.25, 0.3) is 0 Å². The molecule has 8 nitrogen and oxygen atoms in total. The van der Waals surface area contributed by atoms with Crippen molar-refractivity contribution in [1.82, 2.24) is 19.8 Å². The summed E-state index contributed by atoms with van der Waals surface area (Å²) in [6.45, 7) is 1.02. The summed E-state index contributed by atoms with van der Waals surface area (Å²) >= 11 is 0. The number of nitrogens with one attached hydrogen (secondary N) is 1. The van der Waals surface area contributed by atoms with Crippen molar-refractivity contribution in [2.45, 2.75) is 25.7 Å². The van der Waals surface area contributed by atoms with Gasteiger partial charge in [-0.05, 0) is 41.5 Å². The third-order valence-electron chi connectivity index (χ3n) is 5.35. The Bertz CT molecular complexity index is 1080. The molecule has 31 heavy (non-hydrogen) atoms. The van der Waals surface area contributed by atoms with Crippen molar-refractivity contribution in [3.63, 3.8) is 0 Å². The van der Waals surface area contributed by atoms with Gasteiger partial charge in [0.1, 0.15) is 11.7 Å². The summed E-state index contributed by atoms with van der Waals surface area (Å²) in [5.41, 5.74) is 2.31. The average molecular weight is 420 g/mol. The topological polar surface area (TPSA) is 85.7 Å². The van der Waals surface area contributed by atoms with E-state index in [0.717, 1.165) is 11.1 Å². The third-order valence-corrected chi connectivity index (χ3v) is 5.35. The van der Waals surface area contributed by atoms with Crippen LogP contribution in [0.2, 0.25) is 0 Å². The number of methoxy groups -OCH3 is 2. The molecule has 4 rings (SSSR count). The molecule has 0 fully saturated rings. The monoisotopic (exact) mass is 420 g/mol. The predicted molar refractivity (Wildman–Crippen MR) is 114 cm³/mol. The van der Waals surface area contributed by atoms with Crippen molar-refractivity contribution in [3.05, 3.63) is 77.9 Å². The van der Waals surface area contributed by atoms with Crippen LogP contribution in [0.5, 0.6) is 11.5 Å². The van der Waals surface area contributed by atoms with Crippen LogP contribution < -0.4 is 14.8 Å². The second-order valence-electron chi connectivity index (χ2n) is 7.26. The lowest BCUT2D eigenvalue weighted by Gasteiger charge is -2.35. The zero-order valence-electron chi connectivity index (χ0n) is 17.4. The predicted octanol–water partition coefficient (Wildman–Crippen LogP) is 2.24. The van der Waals surface area contributed by atoms with Crippen LogP contribution in [0, 0.1) is 0 Å². The summed E-state index contributed by atoms with van der Waals surface area (Å²) in [4.78, 5) is 32.0. The van der Waals surface area contributed by atoms with E-state index < -0.39 is 6.04 Å². The zero-order chi connectivity index (χ0) is 21.8. The maximum absolute atomic E-state index is 13.1. The first-order valence-electron chi connectivity index (χ1n) is 9.94. The van der Waals surface area contributed by atoms with Gasteiger partial charge < -0.3 is 24.3 Å². The maximum Gasteiger partial charge on any atom is 0.271 e. The van der Waals surface area contributed by atoms with Gasteiger partial charge >= 0.3 is 0 Å². The first kappa shape index (κ1) is 20.5. The number of amides is 2. The van der Waals surface area contributed by atoms with Crippen molar-refractivity contribution >= 4 is 11.8 Å². The minimum Gasteiger partial charge on any atom is -0.493 e. The van der Waals surface area contributed by atoms with Crippen LogP contribution in [-0.2, 0) is 24.4 Å². The molecule has 160 valence electrons. The number of carbonyl (C=O) groups is 2. The minimum atomic E-state index is -0.632. The highest BCUT2D eigenvalue weighted by Crippen LogP contribution is 2.27. The molecule has 0 spiro atoms. The van der Waals surface area contributed by atoms with Gasteiger partial charge in [0.05, 0.1) is 20.8 Å². The van der Waals surface area contributed by atoms with E-state index >= 15 is 0 Å². The van der Waals surface area contributed by atoms with Gasteiger partial charge in [-0.2, -0.15) is 0 Å². The van der Waals surface area contributed by atoms with E-state index in [-0.39, 0.29) is 11.8 Å². The fraction of sp³-hybridized carbons (Fsp3) is 0.261. The molecule has 1 atom stereocenters. The lowest BCUT2D eigenvalue weighted by Crippen LogP contribution is -2.54. The van der Waals surface area contributed by atoms with E-state index in [4.69, 9.17) is 9.47 Å². The normalized spacial score (nSPS) is 15.4. The smallest absolute Gasteiger partial charge is 0.271 e. The lowest BCUT2D eigenvalue weighted by molar-refractivity contribution is -0.126. The molecule has 3 aromatic rings. The molecule has 0 saturated heterocycles. The molecule has 1 N–H and O–H groups in total. The number of ether oxygens (including phenoxy) is 2. The van der Waals surface area contributed by atoms with Crippen LogP contribution in [0.15, 0.2) is 61.1 Å². The van der Waals surface area contributed by atoms with Gasteiger partial charge in [-0.1, -0.05) is 12.1 Å². The molecule has 1 unspecified atom stereocenters. The van der Waals surface area contributed by atoms with Gasteiger partial charge in [-0.25, -0.2) is 0 Å². The Morgan fingerprint density at radius 2 is 1.97 bits per heavy atom. The number of benzene rings is 1. The number of aromatic nitrogens is 2. The van der Waals surface area contributed by atoms with Crippen LogP contribution in [0.1, 0.15) is 21.6 Å². The SMILES string of the molecule is COc1ccc(CNC(=O)C2Cn3cccc3C(=O)N2Cc2cccnc2)cc1OC. The molecule has 0 radical (unpaired) electrons. The summed E-state index contributed by atoms with van der Waals surface area (Å²) < 4.78 is 12.4.